The number of likely N-dealkylation sites (tertiary alicyclic amines) is 1. The molecule has 0 bridgehead atoms. The van der Waals surface area contributed by atoms with Crippen LogP contribution in [-0.2, 0) is 27.5 Å². The Morgan fingerprint density at radius 2 is 1.97 bits per heavy atom. The highest BCUT2D eigenvalue weighted by Crippen LogP contribution is 2.28. The van der Waals surface area contributed by atoms with Crippen LogP contribution in [0, 0.1) is 0 Å². The van der Waals surface area contributed by atoms with E-state index in [9.17, 15) is 19.2 Å². The first-order chi connectivity index (χ1) is 14.6. The molecule has 2 saturated heterocycles. The molecular formula is C22H28N4O5. The van der Waals surface area contributed by atoms with Crippen molar-refractivity contribution in [1.29, 1.82) is 0 Å². The monoisotopic (exact) mass is 428 g/mol. The zero-order valence-corrected chi connectivity index (χ0v) is 18.1. The highest BCUT2D eigenvalue weighted by atomic mass is 16.5. The van der Waals surface area contributed by atoms with Crippen LogP contribution in [0.2, 0.25) is 0 Å². The van der Waals surface area contributed by atoms with E-state index in [1.807, 2.05) is 12.1 Å². The van der Waals surface area contributed by atoms with Gasteiger partial charge >= 0.3 is 6.09 Å². The van der Waals surface area contributed by atoms with Crippen LogP contribution in [-0.4, -0.2) is 64.3 Å². The first kappa shape index (κ1) is 21.3. The normalized spacial score (nSPS) is 22.1. The van der Waals surface area contributed by atoms with Crippen LogP contribution in [0.4, 0.5) is 4.79 Å². The number of benzene rings is 1. The van der Waals surface area contributed by atoms with Crippen molar-refractivity contribution in [3.8, 4) is 0 Å². The number of rotatable bonds is 4. The number of hydrogen-bond acceptors (Lipinski definition) is 6. The number of imide groups is 1. The molecule has 3 aliphatic rings. The summed E-state index contributed by atoms with van der Waals surface area (Å²) in [4.78, 5) is 52.2. The van der Waals surface area contributed by atoms with Crippen molar-refractivity contribution in [2.45, 2.75) is 64.4 Å². The van der Waals surface area contributed by atoms with Crippen LogP contribution >= 0.6 is 0 Å². The average Bonchev–Trinajstić information content (AvgIpc) is 2.98. The summed E-state index contributed by atoms with van der Waals surface area (Å²) >= 11 is 0. The number of alkyl carbamates (subject to hydrolysis) is 1. The highest BCUT2D eigenvalue weighted by molar-refractivity contribution is 6.05. The van der Waals surface area contributed by atoms with Crippen LogP contribution in [0.25, 0.3) is 0 Å². The maximum atomic E-state index is 12.9. The Balaban J connectivity index is 1.31. The molecule has 9 nitrogen and oxygen atoms in total. The lowest BCUT2D eigenvalue weighted by molar-refractivity contribution is -0.136. The van der Waals surface area contributed by atoms with Gasteiger partial charge in [-0.25, -0.2) is 4.79 Å². The van der Waals surface area contributed by atoms with E-state index in [0.717, 1.165) is 18.7 Å². The van der Waals surface area contributed by atoms with E-state index >= 15 is 0 Å². The number of fused-ring (bicyclic) bond motifs is 1. The molecule has 0 radical (unpaired) electrons. The van der Waals surface area contributed by atoms with Crippen molar-refractivity contribution in [2.75, 3.05) is 13.1 Å². The van der Waals surface area contributed by atoms with Gasteiger partial charge in [-0.1, -0.05) is 12.1 Å². The molecule has 3 aliphatic heterocycles. The highest BCUT2D eigenvalue weighted by Gasteiger charge is 2.39. The zero-order valence-electron chi connectivity index (χ0n) is 18.1. The minimum Gasteiger partial charge on any atom is -0.445 e. The largest absolute Gasteiger partial charge is 0.445 e. The van der Waals surface area contributed by atoms with E-state index < -0.39 is 18.0 Å². The lowest BCUT2D eigenvalue weighted by Gasteiger charge is -2.47. The molecule has 1 aromatic carbocycles. The van der Waals surface area contributed by atoms with Crippen molar-refractivity contribution in [3.63, 3.8) is 0 Å². The third-order valence-corrected chi connectivity index (χ3v) is 6.11. The summed E-state index contributed by atoms with van der Waals surface area (Å²) in [6, 6.07) is 4.79. The maximum Gasteiger partial charge on any atom is 0.407 e. The molecule has 0 spiro atoms. The molecule has 1 unspecified atom stereocenters. The lowest BCUT2D eigenvalue weighted by Crippen LogP contribution is -2.64. The van der Waals surface area contributed by atoms with Crippen molar-refractivity contribution in [2.24, 2.45) is 0 Å². The minimum atomic E-state index is -0.641. The Labute approximate surface area is 181 Å². The van der Waals surface area contributed by atoms with Crippen molar-refractivity contribution in [1.82, 2.24) is 20.4 Å². The summed E-state index contributed by atoms with van der Waals surface area (Å²) in [5, 5.41) is 5.15. The molecule has 2 N–H and O–H groups in total. The van der Waals surface area contributed by atoms with Gasteiger partial charge in [0, 0.05) is 37.2 Å². The zero-order chi connectivity index (χ0) is 22.3. The van der Waals surface area contributed by atoms with Crippen LogP contribution in [0.15, 0.2) is 18.2 Å². The van der Waals surface area contributed by atoms with Gasteiger partial charge in [0.15, 0.2) is 0 Å². The standard InChI is InChI=1S/C22H28N4O5/c1-22(2,3)25-10-15(11-25)23-21(30)31-12-13-4-5-14-9-26(20(29)16(14)8-13)17-6-7-18(27)24-19(17)28/h4-5,8,15,17H,6-7,9-12H2,1-3H3,(H,23,30)(H,24,27,28). The Kier molecular flexibility index (Phi) is 5.47. The van der Waals surface area contributed by atoms with Gasteiger partial charge in [-0.2, -0.15) is 0 Å². The van der Waals surface area contributed by atoms with Gasteiger partial charge in [0.2, 0.25) is 11.8 Å². The Morgan fingerprint density at radius 1 is 1.23 bits per heavy atom. The SMILES string of the molecule is CC(C)(C)N1CC(NC(=O)OCc2ccc3c(c2)C(=O)N(C2CCC(=O)NC2=O)C3)C1. The Hall–Kier alpha value is -2.94. The second-order valence-electron chi connectivity index (χ2n) is 9.38. The smallest absolute Gasteiger partial charge is 0.407 e. The van der Waals surface area contributed by atoms with Crippen molar-refractivity contribution < 1.29 is 23.9 Å². The number of hydrogen-bond donors (Lipinski definition) is 2. The van der Waals surface area contributed by atoms with Gasteiger partial charge in [0.1, 0.15) is 12.6 Å². The quantitative estimate of drug-likeness (QED) is 0.697. The van der Waals surface area contributed by atoms with Gasteiger partial charge in [-0.05, 0) is 44.4 Å². The molecule has 4 amide bonds. The van der Waals surface area contributed by atoms with Gasteiger partial charge < -0.3 is 15.0 Å². The fraction of sp³-hybridized carbons (Fsp3) is 0.545. The molecule has 2 fully saturated rings. The van der Waals surface area contributed by atoms with E-state index in [4.69, 9.17) is 4.74 Å². The molecule has 166 valence electrons. The van der Waals surface area contributed by atoms with Gasteiger partial charge in [-0.3, -0.25) is 24.6 Å². The van der Waals surface area contributed by atoms with Gasteiger partial charge in [-0.15, -0.1) is 0 Å². The molecule has 0 aromatic heterocycles. The van der Waals surface area contributed by atoms with Gasteiger partial charge in [0.05, 0.1) is 6.04 Å². The molecule has 0 saturated carbocycles. The van der Waals surface area contributed by atoms with E-state index in [1.165, 1.54) is 4.90 Å². The molecule has 31 heavy (non-hydrogen) atoms. The lowest BCUT2D eigenvalue weighted by atomic mass is 9.98. The third kappa shape index (κ3) is 4.41. The first-order valence-corrected chi connectivity index (χ1v) is 10.6. The van der Waals surface area contributed by atoms with E-state index in [0.29, 0.717) is 24.1 Å². The van der Waals surface area contributed by atoms with Crippen LogP contribution in [0.5, 0.6) is 0 Å². The molecule has 1 aromatic rings. The number of ether oxygens (including phenoxy) is 1. The predicted molar refractivity (Wildman–Crippen MR) is 111 cm³/mol. The van der Waals surface area contributed by atoms with Crippen LogP contribution in [0.3, 0.4) is 0 Å². The predicted octanol–water partition coefficient (Wildman–Crippen LogP) is 1.16. The summed E-state index contributed by atoms with van der Waals surface area (Å²) in [5.74, 6) is -0.984. The van der Waals surface area contributed by atoms with Crippen LogP contribution < -0.4 is 10.6 Å². The van der Waals surface area contributed by atoms with Crippen molar-refractivity contribution in [3.05, 3.63) is 34.9 Å². The molecule has 4 rings (SSSR count). The molecule has 1 atom stereocenters. The second kappa shape index (κ2) is 7.96. The number of nitrogens with zero attached hydrogens (tertiary/aromatic N) is 2. The fourth-order valence-corrected chi connectivity index (χ4v) is 4.17. The second-order valence-corrected chi connectivity index (χ2v) is 9.38. The Morgan fingerprint density at radius 3 is 2.65 bits per heavy atom. The molecular weight excluding hydrogens is 400 g/mol. The third-order valence-electron chi connectivity index (χ3n) is 6.11. The van der Waals surface area contributed by atoms with E-state index in [2.05, 4.69) is 36.3 Å². The molecule has 3 heterocycles. The van der Waals surface area contributed by atoms with E-state index in [-0.39, 0.29) is 36.4 Å². The summed E-state index contributed by atoms with van der Waals surface area (Å²) in [7, 11) is 0. The van der Waals surface area contributed by atoms with Crippen molar-refractivity contribution >= 4 is 23.8 Å². The number of carbonyl (C=O) groups excluding carboxylic acids is 4. The summed E-state index contributed by atoms with van der Waals surface area (Å²) in [6.45, 7) is 8.38. The number of carbonyl (C=O) groups is 4. The maximum absolute atomic E-state index is 12.9. The fourth-order valence-electron chi connectivity index (χ4n) is 4.17. The van der Waals surface area contributed by atoms with Gasteiger partial charge in [0.25, 0.3) is 5.91 Å². The molecule has 9 heteroatoms. The summed E-state index contributed by atoms with van der Waals surface area (Å²) < 4.78 is 5.33. The molecule has 0 aliphatic carbocycles. The number of nitrogens with one attached hydrogen (secondary N) is 2. The Bertz CT molecular complexity index is 932. The minimum absolute atomic E-state index is 0.0561. The van der Waals surface area contributed by atoms with E-state index in [1.54, 1.807) is 6.07 Å². The topological polar surface area (TPSA) is 108 Å². The first-order valence-electron chi connectivity index (χ1n) is 10.6. The summed E-state index contributed by atoms with van der Waals surface area (Å²) in [5.41, 5.74) is 2.11. The summed E-state index contributed by atoms with van der Waals surface area (Å²) in [6.07, 6.45) is 0.0729. The average molecular weight is 428 g/mol. The van der Waals surface area contributed by atoms with Crippen LogP contribution in [0.1, 0.15) is 55.1 Å². The number of amides is 4. The number of piperidine rings is 1.